The van der Waals surface area contributed by atoms with E-state index in [0.29, 0.717) is 32.1 Å². The van der Waals surface area contributed by atoms with Crippen molar-refractivity contribution in [3.8, 4) is 0 Å². The first-order chi connectivity index (χ1) is 7.62. The Morgan fingerprint density at radius 1 is 1.31 bits per heavy atom. The Kier molecular flexibility index (Phi) is 3.84. The Morgan fingerprint density at radius 3 is 2.69 bits per heavy atom. The van der Waals surface area contributed by atoms with Crippen LogP contribution >= 0.6 is 0 Å². The number of hydrogen-bond acceptors (Lipinski definition) is 4. The van der Waals surface area contributed by atoms with E-state index in [1.807, 2.05) is 0 Å². The van der Waals surface area contributed by atoms with Crippen molar-refractivity contribution in [2.24, 2.45) is 11.7 Å². The van der Waals surface area contributed by atoms with Gasteiger partial charge < -0.3 is 10.5 Å². The Bertz CT molecular complexity index is 325. The van der Waals surface area contributed by atoms with E-state index < -0.39 is 10.0 Å². The Labute approximate surface area is 96.8 Å². The molecule has 0 bridgehead atoms. The normalized spacial score (nSPS) is 35.7. The number of ether oxygens (including phenoxy) is 1. The van der Waals surface area contributed by atoms with Gasteiger partial charge in [-0.05, 0) is 38.1 Å². The standard InChI is InChI=1S/C10H20N2O3S/c11-6-8-1-2-9(5-8)12-16(13,14)10-3-4-15-7-10/h8-10,12H,1-7,11H2/t8-,9+,10?/m0/s1. The molecule has 0 aromatic heterocycles. The number of hydrogen-bond donors (Lipinski definition) is 2. The molecule has 2 rings (SSSR count). The molecule has 1 unspecified atom stereocenters. The number of nitrogens with two attached hydrogens (primary N) is 1. The van der Waals surface area contributed by atoms with E-state index >= 15 is 0 Å². The van der Waals surface area contributed by atoms with Crippen molar-refractivity contribution in [1.82, 2.24) is 4.72 Å². The first-order valence-electron chi connectivity index (χ1n) is 5.91. The SMILES string of the molecule is NC[C@H]1CC[C@@H](NS(=O)(=O)C2CCOC2)C1. The van der Waals surface area contributed by atoms with E-state index in [1.54, 1.807) is 0 Å². The lowest BCUT2D eigenvalue weighted by Crippen LogP contribution is -2.40. The maximum Gasteiger partial charge on any atom is 0.217 e. The molecule has 3 N–H and O–H groups in total. The molecule has 16 heavy (non-hydrogen) atoms. The van der Waals surface area contributed by atoms with E-state index in [0.717, 1.165) is 19.3 Å². The summed E-state index contributed by atoms with van der Waals surface area (Å²) in [6.07, 6.45) is 3.44. The van der Waals surface area contributed by atoms with Crippen molar-refractivity contribution in [3.63, 3.8) is 0 Å². The fraction of sp³-hybridized carbons (Fsp3) is 1.00. The summed E-state index contributed by atoms with van der Waals surface area (Å²) in [7, 11) is -3.19. The minimum atomic E-state index is -3.19. The summed E-state index contributed by atoms with van der Waals surface area (Å²) in [5, 5.41) is -0.357. The Balaban J connectivity index is 1.89. The third kappa shape index (κ3) is 2.74. The molecular weight excluding hydrogens is 228 g/mol. The zero-order valence-electron chi connectivity index (χ0n) is 9.39. The highest BCUT2D eigenvalue weighted by atomic mass is 32.2. The summed E-state index contributed by atoms with van der Waals surface area (Å²) in [5.74, 6) is 0.479. The lowest BCUT2D eigenvalue weighted by molar-refractivity contribution is 0.198. The highest BCUT2D eigenvalue weighted by Gasteiger charge is 2.33. The van der Waals surface area contributed by atoms with Gasteiger partial charge in [0.25, 0.3) is 0 Å². The highest BCUT2D eigenvalue weighted by Crippen LogP contribution is 2.26. The molecule has 94 valence electrons. The van der Waals surface area contributed by atoms with Gasteiger partial charge in [-0.1, -0.05) is 0 Å². The molecule has 1 aliphatic heterocycles. The van der Waals surface area contributed by atoms with Gasteiger partial charge in [0.15, 0.2) is 0 Å². The fourth-order valence-corrected chi connectivity index (χ4v) is 4.04. The molecule has 0 radical (unpaired) electrons. The van der Waals surface area contributed by atoms with Crippen molar-refractivity contribution in [2.45, 2.75) is 37.0 Å². The summed E-state index contributed by atoms with van der Waals surface area (Å²) in [5.41, 5.74) is 5.58. The van der Waals surface area contributed by atoms with Crippen molar-refractivity contribution in [2.75, 3.05) is 19.8 Å². The summed E-state index contributed by atoms with van der Waals surface area (Å²) < 4.78 is 31.8. The van der Waals surface area contributed by atoms with Gasteiger partial charge in [0.05, 0.1) is 6.61 Å². The smallest absolute Gasteiger partial charge is 0.217 e. The summed E-state index contributed by atoms with van der Waals surface area (Å²) >= 11 is 0. The minimum Gasteiger partial charge on any atom is -0.380 e. The maximum absolute atomic E-state index is 12.0. The van der Waals surface area contributed by atoms with Gasteiger partial charge >= 0.3 is 0 Å². The van der Waals surface area contributed by atoms with Crippen LogP contribution in [-0.4, -0.2) is 39.5 Å². The molecule has 1 heterocycles. The van der Waals surface area contributed by atoms with Crippen molar-refractivity contribution < 1.29 is 13.2 Å². The van der Waals surface area contributed by atoms with E-state index in [2.05, 4.69) is 4.72 Å². The molecule has 0 spiro atoms. The van der Waals surface area contributed by atoms with Crippen molar-refractivity contribution in [1.29, 1.82) is 0 Å². The molecule has 1 aliphatic carbocycles. The number of rotatable bonds is 4. The van der Waals surface area contributed by atoms with Crippen LogP contribution in [0, 0.1) is 5.92 Å². The Hall–Kier alpha value is -0.170. The lowest BCUT2D eigenvalue weighted by Gasteiger charge is -2.16. The van der Waals surface area contributed by atoms with Crippen LogP contribution in [0.15, 0.2) is 0 Å². The summed E-state index contributed by atoms with van der Waals surface area (Å²) in [4.78, 5) is 0. The van der Waals surface area contributed by atoms with Crippen LogP contribution in [0.1, 0.15) is 25.7 Å². The second-order valence-electron chi connectivity index (χ2n) is 4.76. The molecule has 1 saturated heterocycles. The average Bonchev–Trinajstić information content (AvgIpc) is 2.86. The van der Waals surface area contributed by atoms with E-state index in [1.165, 1.54) is 0 Å². The zero-order chi connectivity index (χ0) is 11.6. The predicted octanol–water partition coefficient (Wildman–Crippen LogP) is -0.178. The van der Waals surface area contributed by atoms with Gasteiger partial charge in [0.1, 0.15) is 5.25 Å². The number of nitrogens with one attached hydrogen (secondary N) is 1. The summed E-state index contributed by atoms with van der Waals surface area (Å²) in [6.45, 7) is 1.55. The molecule has 2 fully saturated rings. The topological polar surface area (TPSA) is 81.4 Å². The van der Waals surface area contributed by atoms with E-state index in [9.17, 15) is 8.42 Å². The van der Waals surface area contributed by atoms with Gasteiger partial charge in [-0.25, -0.2) is 13.1 Å². The van der Waals surface area contributed by atoms with E-state index in [-0.39, 0.29) is 11.3 Å². The van der Waals surface area contributed by atoms with Crippen LogP contribution in [-0.2, 0) is 14.8 Å². The van der Waals surface area contributed by atoms with Crippen LogP contribution < -0.4 is 10.5 Å². The zero-order valence-corrected chi connectivity index (χ0v) is 10.2. The third-order valence-electron chi connectivity index (χ3n) is 3.53. The molecule has 0 aromatic carbocycles. The van der Waals surface area contributed by atoms with Crippen LogP contribution in [0.5, 0.6) is 0 Å². The predicted molar refractivity (Wildman–Crippen MR) is 61.5 cm³/mol. The van der Waals surface area contributed by atoms with Gasteiger partial charge in [0.2, 0.25) is 10.0 Å². The van der Waals surface area contributed by atoms with Crippen molar-refractivity contribution in [3.05, 3.63) is 0 Å². The van der Waals surface area contributed by atoms with Gasteiger partial charge in [0, 0.05) is 12.6 Å². The monoisotopic (exact) mass is 248 g/mol. The largest absolute Gasteiger partial charge is 0.380 e. The van der Waals surface area contributed by atoms with Crippen LogP contribution in [0.25, 0.3) is 0 Å². The van der Waals surface area contributed by atoms with Crippen LogP contribution in [0.4, 0.5) is 0 Å². The molecule has 6 heteroatoms. The molecule has 0 aromatic rings. The highest BCUT2D eigenvalue weighted by molar-refractivity contribution is 7.90. The molecule has 5 nitrogen and oxygen atoms in total. The lowest BCUT2D eigenvalue weighted by atomic mass is 10.1. The van der Waals surface area contributed by atoms with Crippen molar-refractivity contribution >= 4 is 10.0 Å². The summed E-state index contributed by atoms with van der Waals surface area (Å²) in [6, 6.07) is 0.0825. The molecular formula is C10H20N2O3S. The molecule has 2 aliphatic rings. The second kappa shape index (κ2) is 5.00. The first kappa shape index (κ1) is 12.3. The van der Waals surface area contributed by atoms with Crippen LogP contribution in [0.3, 0.4) is 0 Å². The third-order valence-corrected chi connectivity index (χ3v) is 5.44. The van der Waals surface area contributed by atoms with E-state index in [4.69, 9.17) is 10.5 Å². The minimum absolute atomic E-state index is 0.0825. The van der Waals surface area contributed by atoms with Gasteiger partial charge in [-0.3, -0.25) is 0 Å². The first-order valence-corrected chi connectivity index (χ1v) is 7.45. The Morgan fingerprint density at radius 2 is 2.12 bits per heavy atom. The number of sulfonamides is 1. The average molecular weight is 248 g/mol. The quantitative estimate of drug-likeness (QED) is 0.723. The van der Waals surface area contributed by atoms with Crippen LogP contribution in [0.2, 0.25) is 0 Å². The molecule has 1 saturated carbocycles. The maximum atomic E-state index is 12.0. The molecule has 0 amide bonds. The fourth-order valence-electron chi connectivity index (χ4n) is 2.48. The molecule has 3 atom stereocenters. The van der Waals surface area contributed by atoms with Gasteiger partial charge in [-0.15, -0.1) is 0 Å². The second-order valence-corrected chi connectivity index (χ2v) is 6.75. The van der Waals surface area contributed by atoms with Gasteiger partial charge in [-0.2, -0.15) is 0 Å².